The number of hydrogen-bond donors (Lipinski definition) is 1. The SMILES string of the molecule is O=C(CSc1ncc(-c2ccccc2)n1C1CC1)NC1CCN(Cc2ccccc2)C1. The van der Waals surface area contributed by atoms with E-state index in [2.05, 4.69) is 68.3 Å². The number of likely N-dealkylation sites (tertiary alicyclic amines) is 1. The second-order valence-corrected chi connectivity index (χ2v) is 9.40. The molecule has 1 aliphatic carbocycles. The molecule has 1 amide bonds. The molecule has 0 radical (unpaired) electrons. The summed E-state index contributed by atoms with van der Waals surface area (Å²) >= 11 is 1.55. The molecule has 0 spiro atoms. The lowest BCUT2D eigenvalue weighted by Gasteiger charge is -2.17. The Hall–Kier alpha value is -2.57. The Kier molecular flexibility index (Phi) is 6.09. The molecule has 3 aromatic rings. The van der Waals surface area contributed by atoms with Gasteiger partial charge in [-0.1, -0.05) is 72.4 Å². The minimum absolute atomic E-state index is 0.100. The summed E-state index contributed by atoms with van der Waals surface area (Å²) in [6.45, 7) is 2.89. The van der Waals surface area contributed by atoms with E-state index in [1.807, 2.05) is 18.3 Å². The van der Waals surface area contributed by atoms with Crippen LogP contribution in [0.4, 0.5) is 0 Å². The summed E-state index contributed by atoms with van der Waals surface area (Å²) in [4.78, 5) is 19.7. The molecule has 1 aromatic heterocycles. The second-order valence-electron chi connectivity index (χ2n) is 8.46. The highest BCUT2D eigenvalue weighted by molar-refractivity contribution is 7.99. The van der Waals surface area contributed by atoms with E-state index in [1.165, 1.54) is 24.0 Å². The maximum atomic E-state index is 12.6. The van der Waals surface area contributed by atoms with Gasteiger partial charge in [0.1, 0.15) is 0 Å². The van der Waals surface area contributed by atoms with Gasteiger partial charge in [-0.05, 0) is 30.4 Å². The predicted molar refractivity (Wildman–Crippen MR) is 125 cm³/mol. The first-order valence-electron chi connectivity index (χ1n) is 11.1. The third kappa shape index (κ3) is 5.02. The Morgan fingerprint density at radius 1 is 1.03 bits per heavy atom. The second kappa shape index (κ2) is 9.28. The lowest BCUT2D eigenvalue weighted by atomic mass is 10.2. The Balaban J connectivity index is 1.15. The molecule has 5 nitrogen and oxygen atoms in total. The van der Waals surface area contributed by atoms with Crippen LogP contribution < -0.4 is 5.32 Å². The molecule has 1 unspecified atom stereocenters. The number of carbonyl (C=O) groups excluding carboxylic acids is 1. The van der Waals surface area contributed by atoms with E-state index in [0.29, 0.717) is 11.8 Å². The highest BCUT2D eigenvalue weighted by Gasteiger charge is 2.29. The van der Waals surface area contributed by atoms with Crippen LogP contribution in [0.15, 0.2) is 72.0 Å². The summed E-state index contributed by atoms with van der Waals surface area (Å²) in [6.07, 6.45) is 5.34. The third-order valence-electron chi connectivity index (χ3n) is 5.96. The van der Waals surface area contributed by atoms with Gasteiger partial charge in [0.25, 0.3) is 0 Å². The van der Waals surface area contributed by atoms with E-state index in [1.54, 1.807) is 11.8 Å². The fourth-order valence-corrected chi connectivity index (χ4v) is 5.15. The zero-order chi connectivity index (χ0) is 21.0. The molecular weight excluding hydrogens is 404 g/mol. The maximum Gasteiger partial charge on any atom is 0.230 e. The molecule has 1 N–H and O–H groups in total. The molecule has 1 atom stereocenters. The van der Waals surface area contributed by atoms with Crippen LogP contribution >= 0.6 is 11.8 Å². The van der Waals surface area contributed by atoms with E-state index in [-0.39, 0.29) is 11.9 Å². The molecule has 31 heavy (non-hydrogen) atoms. The Morgan fingerprint density at radius 3 is 2.52 bits per heavy atom. The van der Waals surface area contributed by atoms with Crippen molar-refractivity contribution in [2.75, 3.05) is 18.8 Å². The minimum Gasteiger partial charge on any atom is -0.351 e. The summed E-state index contributed by atoms with van der Waals surface area (Å²) in [5, 5.41) is 4.18. The molecule has 5 rings (SSSR count). The summed E-state index contributed by atoms with van der Waals surface area (Å²) in [6, 6.07) is 21.7. The van der Waals surface area contributed by atoms with Crippen molar-refractivity contribution in [2.45, 2.75) is 43.0 Å². The van der Waals surface area contributed by atoms with Gasteiger partial charge in [0.2, 0.25) is 5.91 Å². The molecule has 1 saturated heterocycles. The van der Waals surface area contributed by atoms with Crippen molar-refractivity contribution in [1.82, 2.24) is 19.8 Å². The average Bonchev–Trinajstić information content (AvgIpc) is 3.40. The van der Waals surface area contributed by atoms with Crippen LogP contribution in [0, 0.1) is 0 Å². The highest BCUT2D eigenvalue weighted by Crippen LogP contribution is 2.41. The number of rotatable bonds is 8. The van der Waals surface area contributed by atoms with Crippen LogP contribution in [-0.4, -0.2) is 45.2 Å². The van der Waals surface area contributed by atoms with Gasteiger partial charge < -0.3 is 9.88 Å². The van der Waals surface area contributed by atoms with Crippen molar-refractivity contribution < 1.29 is 4.79 Å². The standard InChI is InChI=1S/C25H28N4OS/c30-24(27-21-13-14-28(17-21)16-19-7-3-1-4-8-19)18-31-25-26-15-23(29(25)22-11-12-22)20-9-5-2-6-10-20/h1-10,15,21-22H,11-14,16-18H2,(H,27,30). The number of imidazole rings is 1. The van der Waals surface area contributed by atoms with Gasteiger partial charge in [0.05, 0.1) is 17.6 Å². The van der Waals surface area contributed by atoms with Crippen LogP contribution in [0.2, 0.25) is 0 Å². The van der Waals surface area contributed by atoms with E-state index >= 15 is 0 Å². The smallest absolute Gasteiger partial charge is 0.230 e. The molecule has 1 saturated carbocycles. The van der Waals surface area contributed by atoms with Crippen LogP contribution in [0.5, 0.6) is 0 Å². The Bertz CT molecular complexity index is 1020. The fourth-order valence-electron chi connectivity index (χ4n) is 4.29. The molecule has 1 aliphatic heterocycles. The monoisotopic (exact) mass is 432 g/mol. The van der Waals surface area contributed by atoms with Crippen LogP contribution in [-0.2, 0) is 11.3 Å². The molecule has 2 aromatic carbocycles. The van der Waals surface area contributed by atoms with Gasteiger partial charge >= 0.3 is 0 Å². The van der Waals surface area contributed by atoms with Crippen molar-refractivity contribution >= 4 is 17.7 Å². The number of aromatic nitrogens is 2. The number of benzene rings is 2. The summed E-state index contributed by atoms with van der Waals surface area (Å²) < 4.78 is 2.32. The first-order valence-corrected chi connectivity index (χ1v) is 12.1. The molecule has 6 heteroatoms. The average molecular weight is 433 g/mol. The van der Waals surface area contributed by atoms with Crippen molar-refractivity contribution in [3.63, 3.8) is 0 Å². The van der Waals surface area contributed by atoms with Gasteiger partial charge in [-0.2, -0.15) is 0 Å². The van der Waals surface area contributed by atoms with Crippen molar-refractivity contribution in [3.8, 4) is 11.3 Å². The highest BCUT2D eigenvalue weighted by atomic mass is 32.2. The van der Waals surface area contributed by atoms with Gasteiger partial charge in [0, 0.05) is 31.7 Å². The number of hydrogen-bond acceptors (Lipinski definition) is 4. The number of nitrogens with zero attached hydrogens (tertiary/aromatic N) is 3. The van der Waals surface area contributed by atoms with E-state index in [9.17, 15) is 4.79 Å². The minimum atomic E-state index is 0.100. The van der Waals surface area contributed by atoms with E-state index in [0.717, 1.165) is 36.9 Å². The largest absolute Gasteiger partial charge is 0.351 e. The molecular formula is C25H28N4OS. The summed E-state index contributed by atoms with van der Waals surface area (Å²) in [7, 11) is 0. The van der Waals surface area contributed by atoms with Crippen molar-refractivity contribution in [2.24, 2.45) is 0 Å². The molecule has 160 valence electrons. The first-order chi connectivity index (χ1) is 15.3. The zero-order valence-electron chi connectivity index (χ0n) is 17.6. The lowest BCUT2D eigenvalue weighted by molar-refractivity contribution is -0.119. The molecule has 2 aliphatic rings. The maximum absolute atomic E-state index is 12.6. The van der Waals surface area contributed by atoms with Crippen LogP contribution in [0.1, 0.15) is 30.9 Å². The van der Waals surface area contributed by atoms with Gasteiger partial charge in [-0.15, -0.1) is 0 Å². The number of amides is 1. The summed E-state index contributed by atoms with van der Waals surface area (Å²) in [5.41, 5.74) is 3.66. The van der Waals surface area contributed by atoms with Crippen LogP contribution in [0.3, 0.4) is 0 Å². The lowest BCUT2D eigenvalue weighted by Crippen LogP contribution is -2.38. The van der Waals surface area contributed by atoms with E-state index < -0.39 is 0 Å². The fraction of sp³-hybridized carbons (Fsp3) is 0.360. The predicted octanol–water partition coefficient (Wildman–Crippen LogP) is 4.37. The normalized spacial score (nSPS) is 18.9. The van der Waals surface area contributed by atoms with Crippen molar-refractivity contribution in [3.05, 3.63) is 72.4 Å². The van der Waals surface area contributed by atoms with Gasteiger partial charge in [-0.25, -0.2) is 4.98 Å². The van der Waals surface area contributed by atoms with Crippen molar-refractivity contribution in [1.29, 1.82) is 0 Å². The molecule has 0 bridgehead atoms. The zero-order valence-corrected chi connectivity index (χ0v) is 18.4. The topological polar surface area (TPSA) is 50.2 Å². The van der Waals surface area contributed by atoms with Gasteiger partial charge in [-0.3, -0.25) is 9.69 Å². The van der Waals surface area contributed by atoms with Crippen LogP contribution in [0.25, 0.3) is 11.3 Å². The number of nitrogens with one attached hydrogen (secondary N) is 1. The van der Waals surface area contributed by atoms with E-state index in [4.69, 9.17) is 0 Å². The Morgan fingerprint density at radius 2 is 1.77 bits per heavy atom. The Labute approximate surface area is 187 Å². The number of carbonyl (C=O) groups is 1. The van der Waals surface area contributed by atoms with Gasteiger partial charge in [0.15, 0.2) is 5.16 Å². The summed E-state index contributed by atoms with van der Waals surface area (Å²) in [5.74, 6) is 0.510. The number of thioether (sulfide) groups is 1. The molecule has 2 heterocycles. The molecule has 2 fully saturated rings. The quantitative estimate of drug-likeness (QED) is 0.537. The first kappa shape index (κ1) is 20.3. The third-order valence-corrected chi connectivity index (χ3v) is 6.93.